The van der Waals surface area contributed by atoms with Crippen LogP contribution in [0.3, 0.4) is 0 Å². The first-order valence-electron chi connectivity index (χ1n) is 7.00. The minimum atomic E-state index is 0.113. The number of rotatable bonds is 5. The van der Waals surface area contributed by atoms with Gasteiger partial charge in [0, 0.05) is 6.54 Å². The molecule has 106 valence electrons. The third-order valence-electron chi connectivity index (χ3n) is 3.48. The lowest BCUT2D eigenvalue weighted by atomic mass is 9.91. The zero-order chi connectivity index (χ0) is 13.3. The van der Waals surface area contributed by atoms with Gasteiger partial charge in [-0.25, -0.2) is 0 Å². The lowest BCUT2D eigenvalue weighted by Gasteiger charge is -2.19. The average molecular weight is 299 g/mol. The molecule has 1 saturated carbocycles. The highest BCUT2D eigenvalue weighted by molar-refractivity contribution is 8.01. The summed E-state index contributed by atoms with van der Waals surface area (Å²) in [5.41, 5.74) is 1.69. The molecule has 0 radical (unpaired) electrons. The number of aromatic nitrogens is 2. The quantitative estimate of drug-likeness (QED) is 0.849. The molecule has 0 spiro atoms. The van der Waals surface area contributed by atoms with E-state index in [2.05, 4.69) is 15.5 Å². The Morgan fingerprint density at radius 2 is 2.05 bits per heavy atom. The van der Waals surface area contributed by atoms with E-state index in [0.29, 0.717) is 11.7 Å². The van der Waals surface area contributed by atoms with Crippen LogP contribution in [0.1, 0.15) is 44.9 Å². The van der Waals surface area contributed by atoms with Crippen LogP contribution in [0.15, 0.2) is 9.85 Å². The molecule has 6 heteroatoms. The van der Waals surface area contributed by atoms with Gasteiger partial charge in [0.15, 0.2) is 4.34 Å². The second-order valence-electron chi connectivity index (χ2n) is 5.01. The molecule has 0 atom stereocenters. The highest BCUT2D eigenvalue weighted by Crippen LogP contribution is 2.22. The first kappa shape index (κ1) is 14.8. The number of hydrogen-bond acceptors (Lipinski definition) is 5. The van der Waals surface area contributed by atoms with Crippen LogP contribution in [-0.2, 0) is 4.79 Å². The van der Waals surface area contributed by atoms with E-state index in [-0.39, 0.29) is 5.91 Å². The van der Waals surface area contributed by atoms with Crippen molar-refractivity contribution in [2.75, 3.05) is 12.3 Å². The lowest BCUT2D eigenvalue weighted by molar-refractivity contribution is -0.118. The fourth-order valence-corrected chi connectivity index (χ4v) is 3.73. The maximum Gasteiger partial charge on any atom is 0.230 e. The third kappa shape index (κ3) is 5.91. The molecule has 1 aliphatic carbocycles. The molecule has 4 nitrogen and oxygen atoms in total. The predicted molar refractivity (Wildman–Crippen MR) is 79.5 cm³/mol. The summed E-state index contributed by atoms with van der Waals surface area (Å²) < 4.78 is 0.862. The van der Waals surface area contributed by atoms with Crippen molar-refractivity contribution in [3.8, 4) is 0 Å². The van der Waals surface area contributed by atoms with E-state index >= 15 is 0 Å². The normalized spacial score (nSPS) is 17.7. The van der Waals surface area contributed by atoms with Crippen molar-refractivity contribution in [2.24, 2.45) is 5.92 Å². The molecule has 19 heavy (non-hydrogen) atoms. The zero-order valence-corrected chi connectivity index (χ0v) is 12.8. The van der Waals surface area contributed by atoms with Crippen LogP contribution in [0.5, 0.6) is 0 Å². The highest BCUT2D eigenvalue weighted by atomic mass is 32.2. The molecule has 1 aromatic heterocycles. The summed E-state index contributed by atoms with van der Waals surface area (Å²) in [6.07, 6.45) is 9.28. The summed E-state index contributed by atoms with van der Waals surface area (Å²) in [5, 5.41) is 10.7. The van der Waals surface area contributed by atoms with Crippen LogP contribution in [0, 0.1) is 5.92 Å². The highest BCUT2D eigenvalue weighted by Gasteiger charge is 2.13. The molecule has 1 heterocycles. The van der Waals surface area contributed by atoms with Gasteiger partial charge in [0.1, 0.15) is 5.51 Å². The van der Waals surface area contributed by atoms with Crippen LogP contribution >= 0.6 is 23.1 Å². The SMILES string of the molecule is O=C(CSc1nncs1)NCC1CCCCCCC1. The maximum absolute atomic E-state index is 11.8. The Hall–Kier alpha value is -0.620. The third-order valence-corrected chi connectivity index (χ3v) is 5.34. The summed E-state index contributed by atoms with van der Waals surface area (Å²) in [7, 11) is 0. The topological polar surface area (TPSA) is 54.9 Å². The summed E-state index contributed by atoms with van der Waals surface area (Å²) >= 11 is 2.94. The van der Waals surface area contributed by atoms with Gasteiger partial charge in [0.25, 0.3) is 0 Å². The number of thioether (sulfide) groups is 1. The van der Waals surface area contributed by atoms with Crippen molar-refractivity contribution in [1.29, 1.82) is 0 Å². The van der Waals surface area contributed by atoms with Gasteiger partial charge in [-0.2, -0.15) is 0 Å². The average Bonchev–Trinajstić information content (AvgIpc) is 2.88. The molecule has 1 amide bonds. The van der Waals surface area contributed by atoms with Crippen molar-refractivity contribution >= 4 is 29.0 Å². The van der Waals surface area contributed by atoms with E-state index in [1.165, 1.54) is 68.0 Å². The molecule has 2 rings (SSSR count). The Morgan fingerprint density at radius 1 is 1.32 bits per heavy atom. The lowest BCUT2D eigenvalue weighted by Crippen LogP contribution is -2.30. The fourth-order valence-electron chi connectivity index (χ4n) is 2.41. The summed E-state index contributed by atoms with van der Waals surface area (Å²) in [6, 6.07) is 0. The van der Waals surface area contributed by atoms with Gasteiger partial charge in [-0.15, -0.1) is 10.2 Å². The van der Waals surface area contributed by atoms with Gasteiger partial charge in [0.2, 0.25) is 5.91 Å². The van der Waals surface area contributed by atoms with Crippen LogP contribution in [0.2, 0.25) is 0 Å². The fraction of sp³-hybridized carbons (Fsp3) is 0.769. The van der Waals surface area contributed by atoms with Gasteiger partial charge in [-0.1, -0.05) is 55.2 Å². The van der Waals surface area contributed by atoms with E-state index < -0.39 is 0 Å². The van der Waals surface area contributed by atoms with E-state index in [1.807, 2.05) is 0 Å². The standard InChI is InChI=1S/C13H21N3OS2/c17-12(9-18-13-16-15-10-19-13)14-8-11-6-4-2-1-3-5-7-11/h10-11H,1-9H2,(H,14,17). The number of carbonyl (C=O) groups is 1. The molecule has 1 aliphatic rings. The van der Waals surface area contributed by atoms with Crippen molar-refractivity contribution in [3.05, 3.63) is 5.51 Å². The Balaban J connectivity index is 1.61. The monoisotopic (exact) mass is 299 g/mol. The van der Waals surface area contributed by atoms with Crippen LogP contribution in [0.4, 0.5) is 0 Å². The molecule has 1 fully saturated rings. The van der Waals surface area contributed by atoms with E-state index in [0.717, 1.165) is 10.9 Å². The second kappa shape index (κ2) is 8.53. The Labute approximate surface area is 122 Å². The van der Waals surface area contributed by atoms with Crippen molar-refractivity contribution in [1.82, 2.24) is 15.5 Å². The number of hydrogen-bond donors (Lipinski definition) is 1. The number of nitrogens with one attached hydrogen (secondary N) is 1. The predicted octanol–water partition coefficient (Wildman–Crippen LogP) is 3.11. The Kier molecular flexibility index (Phi) is 6.64. The number of amides is 1. The van der Waals surface area contributed by atoms with E-state index in [4.69, 9.17) is 0 Å². The number of nitrogens with zero attached hydrogens (tertiary/aromatic N) is 2. The van der Waals surface area contributed by atoms with Gasteiger partial charge in [-0.3, -0.25) is 4.79 Å². The van der Waals surface area contributed by atoms with Crippen molar-refractivity contribution < 1.29 is 4.79 Å². The summed E-state index contributed by atoms with van der Waals surface area (Å²) in [6.45, 7) is 0.843. The molecular formula is C13H21N3OS2. The smallest absolute Gasteiger partial charge is 0.230 e. The Morgan fingerprint density at radius 3 is 2.74 bits per heavy atom. The van der Waals surface area contributed by atoms with E-state index in [9.17, 15) is 4.79 Å². The summed E-state index contributed by atoms with van der Waals surface area (Å²) in [4.78, 5) is 11.8. The van der Waals surface area contributed by atoms with Crippen LogP contribution in [0.25, 0.3) is 0 Å². The van der Waals surface area contributed by atoms with Crippen LogP contribution in [-0.4, -0.2) is 28.4 Å². The van der Waals surface area contributed by atoms with E-state index in [1.54, 1.807) is 5.51 Å². The largest absolute Gasteiger partial charge is 0.355 e. The number of carbonyl (C=O) groups excluding carboxylic acids is 1. The van der Waals surface area contributed by atoms with Gasteiger partial charge in [0.05, 0.1) is 5.75 Å². The van der Waals surface area contributed by atoms with Crippen LogP contribution < -0.4 is 5.32 Å². The molecule has 0 aromatic carbocycles. The maximum atomic E-state index is 11.8. The molecule has 1 aromatic rings. The van der Waals surface area contributed by atoms with Crippen molar-refractivity contribution in [2.45, 2.75) is 49.3 Å². The van der Waals surface area contributed by atoms with Gasteiger partial charge >= 0.3 is 0 Å². The summed E-state index contributed by atoms with van der Waals surface area (Å²) in [5.74, 6) is 1.24. The zero-order valence-electron chi connectivity index (χ0n) is 11.1. The van der Waals surface area contributed by atoms with Gasteiger partial charge in [-0.05, 0) is 18.8 Å². The molecule has 0 aliphatic heterocycles. The minimum Gasteiger partial charge on any atom is -0.355 e. The minimum absolute atomic E-state index is 0.113. The molecule has 1 N–H and O–H groups in total. The first-order valence-corrected chi connectivity index (χ1v) is 8.87. The first-order chi connectivity index (χ1) is 9.34. The molecule has 0 saturated heterocycles. The molecule has 0 unspecified atom stereocenters. The van der Waals surface area contributed by atoms with Gasteiger partial charge < -0.3 is 5.32 Å². The second-order valence-corrected chi connectivity index (χ2v) is 7.06. The Bertz CT molecular complexity index is 362. The molecule has 0 bridgehead atoms. The van der Waals surface area contributed by atoms with Crippen molar-refractivity contribution in [3.63, 3.8) is 0 Å². The molecular weight excluding hydrogens is 278 g/mol.